The number of rotatable bonds is 12. The van der Waals surface area contributed by atoms with Crippen LogP contribution in [0.2, 0.25) is 0 Å². The molecule has 0 saturated heterocycles. The molecule has 0 N–H and O–H groups in total. The third-order valence-electron chi connectivity index (χ3n) is 6.64. The van der Waals surface area contributed by atoms with E-state index < -0.39 is 0 Å². The van der Waals surface area contributed by atoms with Crippen LogP contribution in [0.1, 0.15) is 102 Å². The van der Waals surface area contributed by atoms with Crippen LogP contribution in [-0.4, -0.2) is 0 Å². The molecule has 0 heterocycles. The second kappa shape index (κ2) is 13.0. The summed E-state index contributed by atoms with van der Waals surface area (Å²) < 4.78 is 0. The summed E-state index contributed by atoms with van der Waals surface area (Å²) in [7, 11) is 0. The van der Waals surface area contributed by atoms with E-state index in [1.807, 2.05) is 0 Å². The molecule has 1 aromatic carbocycles. The Hall–Kier alpha value is -1.29. The fourth-order valence-corrected chi connectivity index (χ4v) is 4.72. The smallest absolute Gasteiger partial charge is 0.0662 e. The second-order valence-electron chi connectivity index (χ2n) is 8.84. The maximum atomic E-state index is 9.74. The minimum Gasteiger partial charge on any atom is -0.198 e. The van der Waals surface area contributed by atoms with Gasteiger partial charge in [-0.25, -0.2) is 0 Å². The van der Waals surface area contributed by atoms with Crippen molar-refractivity contribution in [2.24, 2.45) is 17.8 Å². The monoisotopic (exact) mass is 367 g/mol. The van der Waals surface area contributed by atoms with Crippen LogP contribution in [0.4, 0.5) is 0 Å². The van der Waals surface area contributed by atoms with Crippen LogP contribution in [0.3, 0.4) is 0 Å². The van der Waals surface area contributed by atoms with Crippen LogP contribution in [-0.2, 0) is 12.8 Å². The van der Waals surface area contributed by atoms with E-state index in [1.54, 1.807) is 0 Å². The van der Waals surface area contributed by atoms with Crippen LogP contribution in [0, 0.1) is 29.1 Å². The standard InChI is InChI=1S/C26H41N/c1-3-5-7-8-9-11-23-12-14-24(15-13-23)20-26(21-27)25-18-16-22(17-19-25)10-6-4-2/h12-15,22,25-26H,3-11,16-20H2,1-2H3. The van der Waals surface area contributed by atoms with Gasteiger partial charge in [-0.3, -0.25) is 0 Å². The van der Waals surface area contributed by atoms with Crippen molar-refractivity contribution in [3.8, 4) is 6.07 Å². The molecule has 150 valence electrons. The summed E-state index contributed by atoms with van der Waals surface area (Å²) in [5.74, 6) is 1.75. The van der Waals surface area contributed by atoms with Gasteiger partial charge in [0, 0.05) is 0 Å². The molecule has 1 unspecified atom stereocenters. The first kappa shape index (κ1) is 22.0. The van der Waals surface area contributed by atoms with Crippen LogP contribution < -0.4 is 0 Å². The fraction of sp³-hybridized carbons (Fsp3) is 0.731. The van der Waals surface area contributed by atoms with Crippen LogP contribution in [0.15, 0.2) is 24.3 Å². The maximum Gasteiger partial charge on any atom is 0.0662 e. The lowest BCUT2D eigenvalue weighted by Gasteiger charge is -2.31. The SMILES string of the molecule is CCCCCCCc1ccc(CC(C#N)C2CCC(CCCC)CC2)cc1. The van der Waals surface area contributed by atoms with Crippen molar-refractivity contribution in [2.45, 2.75) is 104 Å². The highest BCUT2D eigenvalue weighted by Crippen LogP contribution is 2.36. The molecular formula is C26H41N. The number of unbranched alkanes of at least 4 members (excludes halogenated alkanes) is 5. The summed E-state index contributed by atoms with van der Waals surface area (Å²) in [6, 6.07) is 11.8. The van der Waals surface area contributed by atoms with Gasteiger partial charge in [0.25, 0.3) is 0 Å². The highest BCUT2D eigenvalue weighted by atomic mass is 14.4. The Balaban J connectivity index is 1.75. The van der Waals surface area contributed by atoms with E-state index in [0.29, 0.717) is 5.92 Å². The highest BCUT2D eigenvalue weighted by Gasteiger charge is 2.27. The molecular weight excluding hydrogens is 326 g/mol. The van der Waals surface area contributed by atoms with Crippen LogP contribution >= 0.6 is 0 Å². The van der Waals surface area contributed by atoms with Crippen molar-refractivity contribution in [1.29, 1.82) is 5.26 Å². The second-order valence-corrected chi connectivity index (χ2v) is 8.84. The third-order valence-corrected chi connectivity index (χ3v) is 6.64. The molecule has 1 atom stereocenters. The van der Waals surface area contributed by atoms with E-state index in [4.69, 9.17) is 0 Å². The maximum absolute atomic E-state index is 9.74. The van der Waals surface area contributed by atoms with Crippen molar-refractivity contribution in [3.05, 3.63) is 35.4 Å². The number of aryl methyl sites for hydroxylation is 1. The zero-order valence-electron chi connectivity index (χ0n) is 17.9. The van der Waals surface area contributed by atoms with Gasteiger partial charge in [-0.15, -0.1) is 0 Å². The number of hydrogen-bond acceptors (Lipinski definition) is 1. The molecule has 1 aromatic rings. The van der Waals surface area contributed by atoms with Crippen LogP contribution in [0.25, 0.3) is 0 Å². The summed E-state index contributed by atoms with van der Waals surface area (Å²) in [4.78, 5) is 0. The Kier molecular flexibility index (Phi) is 10.6. The van der Waals surface area contributed by atoms with E-state index in [2.05, 4.69) is 44.2 Å². The molecule has 1 heteroatoms. The average Bonchev–Trinajstić information content (AvgIpc) is 2.72. The van der Waals surface area contributed by atoms with Gasteiger partial charge in [0.2, 0.25) is 0 Å². The zero-order chi connectivity index (χ0) is 19.3. The van der Waals surface area contributed by atoms with Gasteiger partial charge in [0.05, 0.1) is 12.0 Å². The van der Waals surface area contributed by atoms with Crippen molar-refractivity contribution in [2.75, 3.05) is 0 Å². The fourth-order valence-electron chi connectivity index (χ4n) is 4.72. The topological polar surface area (TPSA) is 23.8 Å². The van der Waals surface area contributed by atoms with Gasteiger partial charge in [-0.2, -0.15) is 5.26 Å². The summed E-state index contributed by atoms with van der Waals surface area (Å²) in [6.45, 7) is 4.56. The molecule has 1 aliphatic carbocycles. The third kappa shape index (κ3) is 8.08. The molecule has 27 heavy (non-hydrogen) atoms. The lowest BCUT2D eigenvalue weighted by molar-refractivity contribution is 0.221. The number of benzene rings is 1. The molecule has 1 nitrogen and oxygen atoms in total. The molecule has 1 fully saturated rings. The van der Waals surface area contributed by atoms with Gasteiger partial charge >= 0.3 is 0 Å². The summed E-state index contributed by atoms with van der Waals surface area (Å²) in [5, 5.41) is 9.74. The molecule has 1 aliphatic rings. The van der Waals surface area contributed by atoms with E-state index in [9.17, 15) is 5.26 Å². The average molecular weight is 368 g/mol. The normalized spacial score (nSPS) is 20.9. The summed E-state index contributed by atoms with van der Waals surface area (Å²) >= 11 is 0. The summed E-state index contributed by atoms with van der Waals surface area (Å²) in [6.07, 6.45) is 18.2. The van der Waals surface area contributed by atoms with Gasteiger partial charge in [0.15, 0.2) is 0 Å². The van der Waals surface area contributed by atoms with Crippen molar-refractivity contribution >= 4 is 0 Å². The van der Waals surface area contributed by atoms with Crippen molar-refractivity contribution < 1.29 is 0 Å². The minimum absolute atomic E-state index is 0.206. The largest absolute Gasteiger partial charge is 0.198 e. The van der Waals surface area contributed by atoms with E-state index >= 15 is 0 Å². The van der Waals surface area contributed by atoms with Gasteiger partial charge in [-0.05, 0) is 55.1 Å². The lowest BCUT2D eigenvalue weighted by Crippen LogP contribution is -2.22. The zero-order valence-corrected chi connectivity index (χ0v) is 17.9. The van der Waals surface area contributed by atoms with E-state index in [0.717, 1.165) is 12.3 Å². The molecule has 0 aromatic heterocycles. The van der Waals surface area contributed by atoms with Crippen LogP contribution in [0.5, 0.6) is 0 Å². The highest BCUT2D eigenvalue weighted by molar-refractivity contribution is 5.24. The molecule has 0 amide bonds. The quantitative estimate of drug-likeness (QED) is 0.345. The Morgan fingerprint density at radius 1 is 0.852 bits per heavy atom. The predicted molar refractivity (Wildman–Crippen MR) is 117 cm³/mol. The van der Waals surface area contributed by atoms with Gasteiger partial charge in [-0.1, -0.05) is 95.9 Å². The first-order valence-corrected chi connectivity index (χ1v) is 11.7. The Bertz CT molecular complexity index is 530. The Morgan fingerprint density at radius 2 is 1.48 bits per heavy atom. The molecule has 0 spiro atoms. The molecule has 0 bridgehead atoms. The molecule has 0 radical (unpaired) electrons. The number of nitriles is 1. The number of nitrogens with zero attached hydrogens (tertiary/aromatic N) is 1. The molecule has 0 aliphatic heterocycles. The van der Waals surface area contributed by atoms with E-state index in [1.165, 1.54) is 94.6 Å². The summed E-state index contributed by atoms with van der Waals surface area (Å²) in [5.41, 5.74) is 2.81. The minimum atomic E-state index is 0.206. The van der Waals surface area contributed by atoms with Gasteiger partial charge in [0.1, 0.15) is 0 Å². The first-order valence-electron chi connectivity index (χ1n) is 11.7. The van der Waals surface area contributed by atoms with Crippen molar-refractivity contribution in [3.63, 3.8) is 0 Å². The number of hydrogen-bond donors (Lipinski definition) is 0. The Labute approximate surface area is 168 Å². The molecule has 1 saturated carbocycles. The first-order chi connectivity index (χ1) is 13.3. The Morgan fingerprint density at radius 3 is 2.11 bits per heavy atom. The van der Waals surface area contributed by atoms with Gasteiger partial charge < -0.3 is 0 Å². The molecule has 2 rings (SSSR count). The van der Waals surface area contributed by atoms with E-state index in [-0.39, 0.29) is 5.92 Å². The van der Waals surface area contributed by atoms with Crippen molar-refractivity contribution in [1.82, 2.24) is 0 Å². The predicted octanol–water partition coefficient (Wildman–Crippen LogP) is 7.88. The lowest BCUT2D eigenvalue weighted by atomic mass is 9.73.